The van der Waals surface area contributed by atoms with Crippen molar-refractivity contribution in [2.45, 2.75) is 0 Å². The molecule has 0 fully saturated rings. The summed E-state index contributed by atoms with van der Waals surface area (Å²) in [5.41, 5.74) is 1.18. The molecule has 0 aliphatic rings. The minimum Gasteiger partial charge on any atom is -0.493 e. The maximum absolute atomic E-state index is 12.3. The van der Waals surface area contributed by atoms with Crippen LogP contribution in [-0.2, 0) is 0 Å². The Balaban J connectivity index is 2.00. The Kier molecular flexibility index (Phi) is 4.90. The average Bonchev–Trinajstić information content (AvgIpc) is 2.90. The number of aromatic nitrogens is 2. The molecule has 1 aromatic heterocycles. The molecule has 0 aliphatic heterocycles. The van der Waals surface area contributed by atoms with Gasteiger partial charge in [-0.05, 0) is 38.4 Å². The maximum Gasteiger partial charge on any atom is 0.333 e. The van der Waals surface area contributed by atoms with Crippen LogP contribution in [0.25, 0.3) is 16.9 Å². The fourth-order valence-corrected chi connectivity index (χ4v) is 2.57. The summed E-state index contributed by atoms with van der Waals surface area (Å²) in [4.78, 5) is 17.1. The third-order valence-electron chi connectivity index (χ3n) is 3.84. The van der Waals surface area contributed by atoms with Gasteiger partial charge >= 0.3 is 5.69 Å². The van der Waals surface area contributed by atoms with Gasteiger partial charge in [0.25, 0.3) is 0 Å². The molecule has 6 nitrogen and oxygen atoms in total. The first kappa shape index (κ1) is 16.9. The lowest BCUT2D eigenvalue weighted by Gasteiger charge is -2.13. The van der Waals surface area contributed by atoms with Gasteiger partial charge in [0.1, 0.15) is 18.1 Å². The van der Waals surface area contributed by atoms with Crippen molar-refractivity contribution in [2.24, 2.45) is 0 Å². The van der Waals surface area contributed by atoms with E-state index in [9.17, 15) is 9.90 Å². The third kappa shape index (κ3) is 3.59. The molecule has 0 spiro atoms. The van der Waals surface area contributed by atoms with Crippen LogP contribution in [0.15, 0.2) is 59.4 Å². The molecular weight excluding hydrogens is 318 g/mol. The Labute approximate surface area is 145 Å². The van der Waals surface area contributed by atoms with Crippen molar-refractivity contribution >= 4 is 0 Å². The number of aromatic hydroxyl groups is 1. The minimum atomic E-state index is -0.401. The normalized spacial score (nSPS) is 11.0. The van der Waals surface area contributed by atoms with E-state index in [1.54, 1.807) is 12.1 Å². The Hall–Kier alpha value is -2.99. The second-order valence-corrected chi connectivity index (χ2v) is 5.95. The number of aromatic amines is 1. The molecule has 6 heteroatoms. The molecule has 25 heavy (non-hydrogen) atoms. The molecule has 3 aromatic rings. The SMILES string of the molecule is CN(C)CCOc1ccccc1-c1[nH]c(=O)n(-c2ccccc2)c1O. The number of nitrogens with zero attached hydrogens (tertiary/aromatic N) is 2. The lowest BCUT2D eigenvalue weighted by atomic mass is 10.1. The highest BCUT2D eigenvalue weighted by Crippen LogP contribution is 2.34. The highest BCUT2D eigenvalue weighted by molar-refractivity contribution is 5.71. The summed E-state index contributed by atoms with van der Waals surface area (Å²) in [6.45, 7) is 1.27. The zero-order valence-electron chi connectivity index (χ0n) is 14.3. The van der Waals surface area contributed by atoms with Crippen LogP contribution < -0.4 is 10.4 Å². The van der Waals surface area contributed by atoms with Gasteiger partial charge in [-0.15, -0.1) is 0 Å². The van der Waals surface area contributed by atoms with Gasteiger partial charge in [-0.3, -0.25) is 0 Å². The summed E-state index contributed by atoms with van der Waals surface area (Å²) in [5.74, 6) is 0.473. The van der Waals surface area contributed by atoms with Crippen LogP contribution in [0.1, 0.15) is 0 Å². The zero-order valence-corrected chi connectivity index (χ0v) is 14.3. The predicted molar refractivity (Wildman–Crippen MR) is 97.5 cm³/mol. The molecule has 3 rings (SSSR count). The van der Waals surface area contributed by atoms with Crippen LogP contribution in [0.5, 0.6) is 11.6 Å². The molecule has 0 saturated heterocycles. The number of ether oxygens (including phenoxy) is 1. The first-order chi connectivity index (χ1) is 12.1. The van der Waals surface area contributed by atoms with E-state index < -0.39 is 5.69 Å². The Bertz CT molecular complexity index is 898. The molecule has 0 radical (unpaired) electrons. The van der Waals surface area contributed by atoms with Gasteiger partial charge < -0.3 is 19.7 Å². The number of imidazole rings is 1. The molecule has 0 aliphatic carbocycles. The van der Waals surface area contributed by atoms with E-state index in [2.05, 4.69) is 4.98 Å². The second kappa shape index (κ2) is 7.27. The van der Waals surface area contributed by atoms with Gasteiger partial charge in [0.2, 0.25) is 5.88 Å². The molecule has 0 bridgehead atoms. The highest BCUT2D eigenvalue weighted by Gasteiger charge is 2.18. The highest BCUT2D eigenvalue weighted by atomic mass is 16.5. The average molecular weight is 339 g/mol. The molecule has 0 saturated carbocycles. The topological polar surface area (TPSA) is 70.5 Å². The number of benzene rings is 2. The van der Waals surface area contributed by atoms with Gasteiger partial charge in [-0.2, -0.15) is 0 Å². The van der Waals surface area contributed by atoms with Gasteiger partial charge in [0, 0.05) is 12.1 Å². The van der Waals surface area contributed by atoms with E-state index in [1.165, 1.54) is 4.57 Å². The summed E-state index contributed by atoms with van der Waals surface area (Å²) in [6, 6.07) is 16.3. The third-order valence-corrected chi connectivity index (χ3v) is 3.84. The summed E-state index contributed by atoms with van der Waals surface area (Å²) in [5, 5.41) is 10.6. The predicted octanol–water partition coefficient (Wildman–Crippen LogP) is 2.48. The van der Waals surface area contributed by atoms with Crippen LogP contribution in [0.3, 0.4) is 0 Å². The number of nitrogens with one attached hydrogen (secondary N) is 1. The monoisotopic (exact) mass is 339 g/mol. The zero-order chi connectivity index (χ0) is 17.8. The molecule has 1 heterocycles. The Morgan fingerprint density at radius 1 is 1.08 bits per heavy atom. The van der Waals surface area contributed by atoms with Gasteiger partial charge in [-0.25, -0.2) is 9.36 Å². The second-order valence-electron chi connectivity index (χ2n) is 5.95. The van der Waals surface area contributed by atoms with Crippen molar-refractivity contribution in [1.82, 2.24) is 14.5 Å². The molecule has 0 unspecified atom stereocenters. The summed E-state index contributed by atoms with van der Waals surface area (Å²) < 4.78 is 7.07. The largest absolute Gasteiger partial charge is 0.493 e. The number of likely N-dealkylation sites (N-methyl/N-ethyl adjacent to an activating group) is 1. The molecule has 0 amide bonds. The smallest absolute Gasteiger partial charge is 0.333 e. The van der Waals surface area contributed by atoms with Crippen molar-refractivity contribution in [1.29, 1.82) is 0 Å². The van der Waals surface area contributed by atoms with Crippen molar-refractivity contribution in [3.05, 3.63) is 65.1 Å². The number of rotatable bonds is 6. The van der Waals surface area contributed by atoms with Crippen LogP contribution in [0.4, 0.5) is 0 Å². The summed E-state index contributed by atoms with van der Waals surface area (Å²) >= 11 is 0. The Morgan fingerprint density at radius 3 is 2.48 bits per heavy atom. The molecule has 2 N–H and O–H groups in total. The van der Waals surface area contributed by atoms with Crippen LogP contribution >= 0.6 is 0 Å². The number of hydrogen-bond acceptors (Lipinski definition) is 4. The number of H-pyrrole nitrogens is 1. The molecule has 2 aromatic carbocycles. The van der Waals surface area contributed by atoms with E-state index >= 15 is 0 Å². The van der Waals surface area contributed by atoms with Crippen LogP contribution in [-0.4, -0.2) is 46.8 Å². The van der Waals surface area contributed by atoms with E-state index in [1.807, 2.05) is 61.5 Å². The Morgan fingerprint density at radius 2 is 1.76 bits per heavy atom. The fourth-order valence-electron chi connectivity index (χ4n) is 2.57. The first-order valence-electron chi connectivity index (χ1n) is 8.04. The standard InChI is InChI=1S/C19H21N3O3/c1-21(2)12-13-25-16-11-7-6-10-15(16)17-18(23)22(19(24)20-17)14-8-4-3-5-9-14/h3-11,23H,12-13H2,1-2H3,(H,20,24). The maximum atomic E-state index is 12.3. The van der Waals surface area contributed by atoms with Crippen molar-refractivity contribution < 1.29 is 9.84 Å². The first-order valence-corrected chi connectivity index (χ1v) is 8.04. The van der Waals surface area contributed by atoms with Crippen LogP contribution in [0, 0.1) is 0 Å². The molecule has 130 valence electrons. The molecule has 0 atom stereocenters. The van der Waals surface area contributed by atoms with E-state index in [4.69, 9.17) is 4.74 Å². The summed E-state index contributed by atoms with van der Waals surface area (Å²) in [7, 11) is 3.94. The van der Waals surface area contributed by atoms with Crippen molar-refractivity contribution in [3.63, 3.8) is 0 Å². The van der Waals surface area contributed by atoms with Gasteiger partial charge in [0.15, 0.2) is 0 Å². The lowest BCUT2D eigenvalue weighted by molar-refractivity contribution is 0.262. The van der Waals surface area contributed by atoms with E-state index in [0.29, 0.717) is 29.3 Å². The number of para-hydroxylation sites is 2. The van der Waals surface area contributed by atoms with Gasteiger partial charge in [0.05, 0.1) is 5.69 Å². The van der Waals surface area contributed by atoms with E-state index in [-0.39, 0.29) is 5.88 Å². The lowest BCUT2D eigenvalue weighted by Crippen LogP contribution is -2.19. The quantitative estimate of drug-likeness (QED) is 0.724. The summed E-state index contributed by atoms with van der Waals surface area (Å²) in [6.07, 6.45) is 0. The van der Waals surface area contributed by atoms with Crippen molar-refractivity contribution in [2.75, 3.05) is 27.2 Å². The fraction of sp³-hybridized carbons (Fsp3) is 0.211. The van der Waals surface area contributed by atoms with Crippen molar-refractivity contribution in [3.8, 4) is 28.6 Å². The molecular formula is C19H21N3O3. The van der Waals surface area contributed by atoms with Crippen LogP contribution in [0.2, 0.25) is 0 Å². The minimum absolute atomic E-state index is 0.139. The van der Waals surface area contributed by atoms with Gasteiger partial charge in [-0.1, -0.05) is 30.3 Å². The number of hydrogen-bond donors (Lipinski definition) is 2. The van der Waals surface area contributed by atoms with E-state index in [0.717, 1.165) is 6.54 Å².